The molecule has 6 heteroatoms. The van der Waals surface area contributed by atoms with Crippen LogP contribution >= 0.6 is 0 Å². The smallest absolute Gasteiger partial charge is 0.344 e. The molecule has 1 atom stereocenters. The SMILES string of the molecule is COc1ccccc1NC(=O)[C@H](C)OC(=O)COc1ccc(C)cc1C. The van der Waals surface area contributed by atoms with Crippen molar-refractivity contribution in [2.75, 3.05) is 19.0 Å². The Kier molecular flexibility index (Phi) is 6.60. The molecular formula is C20H23NO5. The van der Waals surface area contributed by atoms with Crippen LogP contribution in [0.3, 0.4) is 0 Å². The number of para-hydroxylation sites is 2. The van der Waals surface area contributed by atoms with Crippen molar-refractivity contribution in [1.82, 2.24) is 0 Å². The number of rotatable bonds is 7. The van der Waals surface area contributed by atoms with Gasteiger partial charge in [0.25, 0.3) is 5.91 Å². The van der Waals surface area contributed by atoms with Crippen LogP contribution in [0.25, 0.3) is 0 Å². The average Bonchev–Trinajstić information content (AvgIpc) is 2.61. The first-order valence-corrected chi connectivity index (χ1v) is 8.24. The number of nitrogens with one attached hydrogen (secondary N) is 1. The highest BCUT2D eigenvalue weighted by molar-refractivity contribution is 5.96. The van der Waals surface area contributed by atoms with Crippen molar-refractivity contribution in [2.24, 2.45) is 0 Å². The average molecular weight is 357 g/mol. The summed E-state index contributed by atoms with van der Waals surface area (Å²) >= 11 is 0. The zero-order valence-corrected chi connectivity index (χ0v) is 15.4. The molecule has 0 saturated carbocycles. The fourth-order valence-electron chi connectivity index (χ4n) is 2.36. The molecule has 1 N–H and O–H groups in total. The molecule has 138 valence electrons. The minimum absolute atomic E-state index is 0.268. The first kappa shape index (κ1) is 19.3. The third kappa shape index (κ3) is 5.24. The lowest BCUT2D eigenvalue weighted by molar-refractivity contribution is -0.155. The van der Waals surface area contributed by atoms with Gasteiger partial charge in [-0.25, -0.2) is 4.79 Å². The van der Waals surface area contributed by atoms with Gasteiger partial charge < -0.3 is 19.5 Å². The maximum atomic E-state index is 12.2. The second-order valence-electron chi connectivity index (χ2n) is 5.88. The van der Waals surface area contributed by atoms with Gasteiger partial charge in [0.2, 0.25) is 0 Å². The third-order valence-electron chi connectivity index (χ3n) is 3.72. The molecule has 0 aromatic heterocycles. The minimum atomic E-state index is -0.963. The Labute approximate surface area is 153 Å². The summed E-state index contributed by atoms with van der Waals surface area (Å²) in [6.45, 7) is 5.11. The lowest BCUT2D eigenvalue weighted by atomic mass is 10.1. The van der Waals surface area contributed by atoms with E-state index in [1.807, 2.05) is 26.0 Å². The van der Waals surface area contributed by atoms with Gasteiger partial charge in [0.05, 0.1) is 12.8 Å². The van der Waals surface area contributed by atoms with E-state index in [-0.39, 0.29) is 6.61 Å². The molecule has 0 bridgehead atoms. The molecule has 0 radical (unpaired) electrons. The number of hydrogen-bond acceptors (Lipinski definition) is 5. The van der Waals surface area contributed by atoms with Gasteiger partial charge in [-0.15, -0.1) is 0 Å². The predicted molar refractivity (Wildman–Crippen MR) is 98.6 cm³/mol. The van der Waals surface area contributed by atoms with Crippen LogP contribution in [-0.4, -0.2) is 31.7 Å². The van der Waals surface area contributed by atoms with E-state index < -0.39 is 18.0 Å². The highest BCUT2D eigenvalue weighted by atomic mass is 16.6. The number of benzene rings is 2. The molecule has 0 aliphatic carbocycles. The van der Waals surface area contributed by atoms with Crippen molar-refractivity contribution in [2.45, 2.75) is 26.9 Å². The highest BCUT2D eigenvalue weighted by Gasteiger charge is 2.19. The Morgan fingerprint density at radius 1 is 1.08 bits per heavy atom. The van der Waals surface area contributed by atoms with E-state index in [9.17, 15) is 9.59 Å². The van der Waals surface area contributed by atoms with Gasteiger partial charge in [0.15, 0.2) is 12.7 Å². The Balaban J connectivity index is 1.86. The number of hydrogen-bond donors (Lipinski definition) is 1. The van der Waals surface area contributed by atoms with Gasteiger partial charge in [-0.1, -0.05) is 29.8 Å². The maximum Gasteiger partial charge on any atom is 0.344 e. The van der Waals surface area contributed by atoms with Gasteiger partial charge in [-0.3, -0.25) is 4.79 Å². The number of aryl methyl sites for hydroxylation is 2. The van der Waals surface area contributed by atoms with Crippen LogP contribution in [0.5, 0.6) is 11.5 Å². The molecule has 2 aromatic carbocycles. The lowest BCUT2D eigenvalue weighted by Gasteiger charge is -2.15. The van der Waals surface area contributed by atoms with Crippen LogP contribution in [0.15, 0.2) is 42.5 Å². The first-order valence-electron chi connectivity index (χ1n) is 8.24. The largest absolute Gasteiger partial charge is 0.495 e. The number of ether oxygens (including phenoxy) is 3. The Bertz CT molecular complexity index is 788. The molecule has 1 amide bonds. The first-order chi connectivity index (χ1) is 12.4. The molecule has 6 nitrogen and oxygen atoms in total. The van der Waals surface area contributed by atoms with Crippen LogP contribution in [0.2, 0.25) is 0 Å². The zero-order valence-electron chi connectivity index (χ0n) is 15.4. The predicted octanol–water partition coefficient (Wildman–Crippen LogP) is 3.26. The molecule has 2 rings (SSSR count). The molecule has 0 spiro atoms. The van der Waals surface area contributed by atoms with Crippen molar-refractivity contribution in [1.29, 1.82) is 0 Å². The highest BCUT2D eigenvalue weighted by Crippen LogP contribution is 2.23. The molecule has 0 saturated heterocycles. The van der Waals surface area contributed by atoms with Crippen molar-refractivity contribution in [3.05, 3.63) is 53.6 Å². The number of esters is 1. The van der Waals surface area contributed by atoms with Gasteiger partial charge >= 0.3 is 5.97 Å². The molecule has 26 heavy (non-hydrogen) atoms. The van der Waals surface area contributed by atoms with Gasteiger partial charge in [0.1, 0.15) is 11.5 Å². The van der Waals surface area contributed by atoms with E-state index in [0.717, 1.165) is 11.1 Å². The third-order valence-corrected chi connectivity index (χ3v) is 3.72. The number of carbonyl (C=O) groups excluding carboxylic acids is 2. The van der Waals surface area contributed by atoms with E-state index in [1.165, 1.54) is 14.0 Å². The Hall–Kier alpha value is -3.02. The van der Waals surface area contributed by atoms with E-state index in [4.69, 9.17) is 14.2 Å². The van der Waals surface area contributed by atoms with Crippen molar-refractivity contribution >= 4 is 17.6 Å². The van der Waals surface area contributed by atoms with Gasteiger partial charge in [-0.05, 0) is 44.5 Å². The minimum Gasteiger partial charge on any atom is -0.495 e. The van der Waals surface area contributed by atoms with Crippen LogP contribution < -0.4 is 14.8 Å². The number of anilines is 1. The van der Waals surface area contributed by atoms with Crippen LogP contribution in [0.1, 0.15) is 18.1 Å². The number of methoxy groups -OCH3 is 1. The topological polar surface area (TPSA) is 73.9 Å². The second-order valence-corrected chi connectivity index (χ2v) is 5.88. The van der Waals surface area contributed by atoms with Crippen LogP contribution in [0.4, 0.5) is 5.69 Å². The normalized spacial score (nSPS) is 11.4. The number of carbonyl (C=O) groups is 2. The van der Waals surface area contributed by atoms with Crippen molar-refractivity contribution in [3.63, 3.8) is 0 Å². The standard InChI is InChI=1S/C20H23NO5/c1-13-9-10-17(14(2)11-13)25-12-19(22)26-15(3)20(23)21-16-7-5-6-8-18(16)24-4/h5-11,15H,12H2,1-4H3,(H,21,23)/t15-/m0/s1. The molecule has 0 heterocycles. The van der Waals surface area contributed by atoms with E-state index in [1.54, 1.807) is 30.3 Å². The molecule has 0 fully saturated rings. The fourth-order valence-corrected chi connectivity index (χ4v) is 2.36. The van der Waals surface area contributed by atoms with Crippen molar-refractivity contribution in [3.8, 4) is 11.5 Å². The maximum absolute atomic E-state index is 12.2. The molecule has 0 aliphatic heterocycles. The summed E-state index contributed by atoms with van der Waals surface area (Å²) in [6, 6.07) is 12.7. The summed E-state index contributed by atoms with van der Waals surface area (Å²) < 4.78 is 15.8. The molecule has 0 aliphatic rings. The summed E-state index contributed by atoms with van der Waals surface area (Å²) in [7, 11) is 1.51. The summed E-state index contributed by atoms with van der Waals surface area (Å²) in [5.74, 6) is 0.0678. The fraction of sp³-hybridized carbons (Fsp3) is 0.300. The molecule has 0 unspecified atom stereocenters. The lowest BCUT2D eigenvalue weighted by Crippen LogP contribution is -2.31. The quantitative estimate of drug-likeness (QED) is 0.770. The van der Waals surface area contributed by atoms with Gasteiger partial charge in [0, 0.05) is 0 Å². The Morgan fingerprint density at radius 2 is 1.81 bits per heavy atom. The summed E-state index contributed by atoms with van der Waals surface area (Å²) in [4.78, 5) is 24.1. The van der Waals surface area contributed by atoms with E-state index in [2.05, 4.69) is 5.32 Å². The second kappa shape index (κ2) is 8.89. The molecule has 2 aromatic rings. The Morgan fingerprint density at radius 3 is 2.50 bits per heavy atom. The van der Waals surface area contributed by atoms with Crippen molar-refractivity contribution < 1.29 is 23.8 Å². The number of amides is 1. The van der Waals surface area contributed by atoms with Crippen LogP contribution in [0, 0.1) is 13.8 Å². The van der Waals surface area contributed by atoms with E-state index >= 15 is 0 Å². The molecular weight excluding hydrogens is 334 g/mol. The summed E-state index contributed by atoms with van der Waals surface area (Å²) in [5, 5.41) is 2.67. The van der Waals surface area contributed by atoms with Crippen LogP contribution in [-0.2, 0) is 14.3 Å². The zero-order chi connectivity index (χ0) is 19.1. The summed E-state index contributed by atoms with van der Waals surface area (Å²) in [6.07, 6.45) is -0.963. The van der Waals surface area contributed by atoms with E-state index in [0.29, 0.717) is 17.2 Å². The monoisotopic (exact) mass is 357 g/mol. The summed E-state index contributed by atoms with van der Waals surface area (Å²) in [5.41, 5.74) is 2.55. The van der Waals surface area contributed by atoms with Gasteiger partial charge in [-0.2, -0.15) is 0 Å².